The number of hydrogen-bond acceptors (Lipinski definition) is 3. The largest absolute Gasteiger partial charge is 0.493 e. The van der Waals surface area contributed by atoms with Crippen LogP contribution in [0, 0.1) is 6.92 Å². The Labute approximate surface area is 126 Å². The highest BCUT2D eigenvalue weighted by molar-refractivity contribution is 5.41. The Bertz CT molecular complexity index is 603. The van der Waals surface area contributed by atoms with E-state index >= 15 is 0 Å². The molecule has 0 fully saturated rings. The van der Waals surface area contributed by atoms with Gasteiger partial charge < -0.3 is 14.5 Å². The minimum Gasteiger partial charge on any atom is -0.493 e. The predicted molar refractivity (Wildman–Crippen MR) is 83.8 cm³/mol. The van der Waals surface area contributed by atoms with Gasteiger partial charge in [0.1, 0.15) is 17.3 Å². The van der Waals surface area contributed by atoms with Crippen molar-refractivity contribution < 1.29 is 9.15 Å². The standard InChI is InChI=1S/C18H23NO2/c1-3-10-19-18(17-8-6-13(2)21-17)15-7-9-16-14(12-15)5-4-11-20-16/h6-9,12,18-19H,3-5,10-11H2,1-2H3. The highest BCUT2D eigenvalue weighted by Gasteiger charge is 2.19. The van der Waals surface area contributed by atoms with Crippen LogP contribution >= 0.6 is 0 Å². The van der Waals surface area contributed by atoms with Crippen molar-refractivity contribution >= 4 is 0 Å². The molecule has 0 aliphatic carbocycles. The van der Waals surface area contributed by atoms with Crippen LogP contribution in [0.4, 0.5) is 0 Å². The van der Waals surface area contributed by atoms with E-state index in [4.69, 9.17) is 9.15 Å². The summed E-state index contributed by atoms with van der Waals surface area (Å²) in [5, 5.41) is 3.59. The van der Waals surface area contributed by atoms with Gasteiger partial charge >= 0.3 is 0 Å². The Hall–Kier alpha value is -1.74. The second kappa shape index (κ2) is 6.35. The van der Waals surface area contributed by atoms with Crippen molar-refractivity contribution in [3.05, 3.63) is 53.0 Å². The van der Waals surface area contributed by atoms with Gasteiger partial charge in [-0.2, -0.15) is 0 Å². The SMILES string of the molecule is CCCNC(c1ccc2c(c1)CCCO2)c1ccc(C)o1. The van der Waals surface area contributed by atoms with Crippen LogP contribution in [0.25, 0.3) is 0 Å². The van der Waals surface area contributed by atoms with E-state index in [0.717, 1.165) is 49.7 Å². The predicted octanol–water partition coefficient (Wildman–Crippen LogP) is 4.00. The molecule has 1 aromatic carbocycles. The summed E-state index contributed by atoms with van der Waals surface area (Å²) >= 11 is 0. The van der Waals surface area contributed by atoms with Crippen molar-refractivity contribution in [2.75, 3.05) is 13.2 Å². The highest BCUT2D eigenvalue weighted by atomic mass is 16.5. The summed E-state index contributed by atoms with van der Waals surface area (Å²) in [7, 11) is 0. The van der Waals surface area contributed by atoms with Crippen LogP contribution in [-0.2, 0) is 6.42 Å². The maximum atomic E-state index is 5.85. The average Bonchev–Trinajstić information content (AvgIpc) is 2.94. The molecule has 0 saturated heterocycles. The van der Waals surface area contributed by atoms with Gasteiger partial charge in [0.25, 0.3) is 0 Å². The Morgan fingerprint density at radius 1 is 1.24 bits per heavy atom. The number of hydrogen-bond donors (Lipinski definition) is 1. The lowest BCUT2D eigenvalue weighted by atomic mass is 9.98. The molecule has 3 rings (SSSR count). The van der Waals surface area contributed by atoms with Gasteiger partial charge in [-0.3, -0.25) is 0 Å². The quantitative estimate of drug-likeness (QED) is 0.901. The van der Waals surface area contributed by atoms with Crippen LogP contribution in [0.3, 0.4) is 0 Å². The number of furan rings is 1. The minimum atomic E-state index is 0.117. The van der Waals surface area contributed by atoms with Crippen molar-refractivity contribution in [1.29, 1.82) is 0 Å². The maximum Gasteiger partial charge on any atom is 0.125 e. The number of nitrogens with one attached hydrogen (secondary N) is 1. The first-order chi connectivity index (χ1) is 10.3. The molecular weight excluding hydrogens is 262 g/mol. The molecule has 0 saturated carbocycles. The number of rotatable bonds is 5. The van der Waals surface area contributed by atoms with E-state index < -0.39 is 0 Å². The summed E-state index contributed by atoms with van der Waals surface area (Å²) in [4.78, 5) is 0. The third-order valence-electron chi connectivity index (χ3n) is 3.91. The topological polar surface area (TPSA) is 34.4 Å². The fraction of sp³-hybridized carbons (Fsp3) is 0.444. The van der Waals surface area contributed by atoms with Crippen LogP contribution in [0.5, 0.6) is 5.75 Å². The van der Waals surface area contributed by atoms with Gasteiger partial charge in [0.15, 0.2) is 0 Å². The fourth-order valence-electron chi connectivity index (χ4n) is 2.84. The van der Waals surface area contributed by atoms with Crippen molar-refractivity contribution in [2.45, 2.75) is 39.2 Å². The van der Waals surface area contributed by atoms with Gasteiger partial charge in [0.2, 0.25) is 0 Å². The highest BCUT2D eigenvalue weighted by Crippen LogP contribution is 2.31. The molecule has 1 aromatic heterocycles. The van der Waals surface area contributed by atoms with E-state index in [1.807, 2.05) is 13.0 Å². The number of aryl methyl sites for hydroxylation is 2. The molecule has 0 radical (unpaired) electrons. The summed E-state index contributed by atoms with van der Waals surface area (Å²) in [5.74, 6) is 2.97. The maximum absolute atomic E-state index is 5.85. The second-order valence-corrected chi connectivity index (χ2v) is 5.65. The molecule has 1 aliphatic rings. The zero-order chi connectivity index (χ0) is 14.7. The smallest absolute Gasteiger partial charge is 0.125 e. The van der Waals surface area contributed by atoms with Gasteiger partial charge in [-0.15, -0.1) is 0 Å². The van der Waals surface area contributed by atoms with Gasteiger partial charge in [-0.1, -0.05) is 19.1 Å². The Kier molecular flexibility index (Phi) is 4.30. The lowest BCUT2D eigenvalue weighted by Gasteiger charge is -2.21. The normalized spacial score (nSPS) is 15.3. The summed E-state index contributed by atoms with van der Waals surface area (Å²) in [5.41, 5.74) is 2.56. The van der Waals surface area contributed by atoms with Gasteiger partial charge in [0.05, 0.1) is 12.6 Å². The lowest BCUT2D eigenvalue weighted by molar-refractivity contribution is 0.288. The van der Waals surface area contributed by atoms with Crippen LogP contribution in [0.1, 0.15) is 48.5 Å². The van der Waals surface area contributed by atoms with E-state index in [2.05, 4.69) is 36.5 Å². The monoisotopic (exact) mass is 285 g/mol. The molecule has 1 aliphatic heterocycles. The van der Waals surface area contributed by atoms with E-state index in [1.54, 1.807) is 0 Å². The van der Waals surface area contributed by atoms with Gasteiger partial charge in [-0.25, -0.2) is 0 Å². The van der Waals surface area contributed by atoms with Crippen LogP contribution in [0.2, 0.25) is 0 Å². The van der Waals surface area contributed by atoms with Crippen LogP contribution < -0.4 is 10.1 Å². The summed E-state index contributed by atoms with van der Waals surface area (Å²) in [6, 6.07) is 10.7. The Balaban J connectivity index is 1.92. The molecule has 1 N–H and O–H groups in total. The molecule has 1 unspecified atom stereocenters. The molecule has 0 spiro atoms. The third kappa shape index (κ3) is 3.13. The summed E-state index contributed by atoms with van der Waals surface area (Å²) in [6.45, 7) is 5.97. The summed E-state index contributed by atoms with van der Waals surface area (Å²) in [6.07, 6.45) is 3.30. The zero-order valence-electron chi connectivity index (χ0n) is 12.8. The van der Waals surface area contributed by atoms with Crippen molar-refractivity contribution in [3.63, 3.8) is 0 Å². The van der Waals surface area contributed by atoms with Crippen LogP contribution in [0.15, 0.2) is 34.7 Å². The first kappa shape index (κ1) is 14.2. The molecule has 112 valence electrons. The molecule has 3 nitrogen and oxygen atoms in total. The van der Waals surface area contributed by atoms with Crippen molar-refractivity contribution in [3.8, 4) is 5.75 Å². The van der Waals surface area contributed by atoms with E-state index in [9.17, 15) is 0 Å². The van der Waals surface area contributed by atoms with Gasteiger partial charge in [-0.05, 0) is 62.1 Å². The average molecular weight is 285 g/mol. The molecule has 21 heavy (non-hydrogen) atoms. The number of ether oxygens (including phenoxy) is 1. The molecule has 1 atom stereocenters. The molecule has 2 heterocycles. The Morgan fingerprint density at radius 2 is 2.14 bits per heavy atom. The summed E-state index contributed by atoms with van der Waals surface area (Å²) < 4.78 is 11.6. The second-order valence-electron chi connectivity index (χ2n) is 5.65. The van der Waals surface area contributed by atoms with Gasteiger partial charge in [0, 0.05) is 0 Å². The fourth-order valence-corrected chi connectivity index (χ4v) is 2.84. The first-order valence-corrected chi connectivity index (χ1v) is 7.83. The van der Waals surface area contributed by atoms with E-state index in [0.29, 0.717) is 0 Å². The number of fused-ring (bicyclic) bond motifs is 1. The molecule has 3 heteroatoms. The first-order valence-electron chi connectivity index (χ1n) is 7.83. The van der Waals surface area contributed by atoms with Crippen molar-refractivity contribution in [1.82, 2.24) is 5.32 Å². The van der Waals surface area contributed by atoms with Crippen molar-refractivity contribution in [2.24, 2.45) is 0 Å². The lowest BCUT2D eigenvalue weighted by Crippen LogP contribution is -2.23. The minimum absolute atomic E-state index is 0.117. The molecule has 0 bridgehead atoms. The molecular formula is C18H23NO2. The van der Waals surface area contributed by atoms with E-state index in [-0.39, 0.29) is 6.04 Å². The Morgan fingerprint density at radius 3 is 2.90 bits per heavy atom. The third-order valence-corrected chi connectivity index (χ3v) is 3.91. The molecule has 2 aromatic rings. The zero-order valence-corrected chi connectivity index (χ0v) is 12.8. The molecule has 0 amide bonds. The number of benzene rings is 1. The van der Waals surface area contributed by atoms with Crippen LogP contribution in [-0.4, -0.2) is 13.2 Å². The van der Waals surface area contributed by atoms with E-state index in [1.165, 1.54) is 11.1 Å².